The third-order valence-corrected chi connectivity index (χ3v) is 4.96. The van der Waals surface area contributed by atoms with Gasteiger partial charge in [-0.05, 0) is 44.0 Å². The minimum atomic E-state index is -3.49. The summed E-state index contributed by atoms with van der Waals surface area (Å²) < 4.78 is 31.5. The fourth-order valence-corrected chi connectivity index (χ4v) is 2.95. The van der Waals surface area contributed by atoms with Crippen molar-refractivity contribution in [3.63, 3.8) is 0 Å². The maximum atomic E-state index is 12.4. The van der Waals surface area contributed by atoms with Crippen LogP contribution in [0.3, 0.4) is 0 Å². The number of hydrogen-bond acceptors (Lipinski definition) is 4. The zero-order valence-electron chi connectivity index (χ0n) is 12.6. The average molecular weight is 300 g/mol. The van der Waals surface area contributed by atoms with E-state index in [0.717, 1.165) is 11.1 Å². The maximum Gasteiger partial charge on any atom is 0.242 e. The standard InChI is InChI=1S/C14H24N2O3S/c1-11(2)19-8-7-16(4)20(17,18)14-6-5-12(3)13(9-14)10-15/h5-6,9,11H,7-8,10,15H2,1-4H3. The lowest BCUT2D eigenvalue weighted by Crippen LogP contribution is -2.31. The third kappa shape index (κ3) is 4.28. The highest BCUT2D eigenvalue weighted by atomic mass is 32.2. The molecular formula is C14H24N2O3S. The lowest BCUT2D eigenvalue weighted by Gasteiger charge is -2.18. The largest absolute Gasteiger partial charge is 0.377 e. The van der Waals surface area contributed by atoms with Crippen LogP contribution in [0.15, 0.2) is 23.1 Å². The van der Waals surface area contributed by atoms with Crippen molar-refractivity contribution >= 4 is 10.0 Å². The number of nitrogens with two attached hydrogens (primary N) is 1. The summed E-state index contributed by atoms with van der Waals surface area (Å²) in [6, 6.07) is 5.04. The Morgan fingerprint density at radius 1 is 1.35 bits per heavy atom. The van der Waals surface area contributed by atoms with E-state index in [1.54, 1.807) is 25.2 Å². The van der Waals surface area contributed by atoms with Gasteiger partial charge >= 0.3 is 0 Å². The van der Waals surface area contributed by atoms with Crippen LogP contribution in [0, 0.1) is 6.92 Å². The van der Waals surface area contributed by atoms with Gasteiger partial charge < -0.3 is 10.5 Å². The summed E-state index contributed by atoms with van der Waals surface area (Å²) in [5, 5.41) is 0. The van der Waals surface area contributed by atoms with E-state index in [4.69, 9.17) is 10.5 Å². The monoisotopic (exact) mass is 300 g/mol. The number of benzene rings is 1. The van der Waals surface area contributed by atoms with Gasteiger partial charge in [0.05, 0.1) is 17.6 Å². The van der Waals surface area contributed by atoms with Crippen molar-refractivity contribution in [2.75, 3.05) is 20.2 Å². The van der Waals surface area contributed by atoms with E-state index in [-0.39, 0.29) is 11.0 Å². The van der Waals surface area contributed by atoms with E-state index < -0.39 is 10.0 Å². The van der Waals surface area contributed by atoms with Crippen molar-refractivity contribution in [1.82, 2.24) is 4.31 Å². The Kier molecular flexibility index (Phi) is 6.13. The number of sulfonamides is 1. The summed E-state index contributed by atoms with van der Waals surface area (Å²) in [4.78, 5) is 0.274. The van der Waals surface area contributed by atoms with E-state index in [0.29, 0.717) is 19.7 Å². The van der Waals surface area contributed by atoms with Gasteiger partial charge in [0, 0.05) is 20.1 Å². The highest BCUT2D eigenvalue weighted by Gasteiger charge is 2.21. The van der Waals surface area contributed by atoms with Gasteiger partial charge in [-0.1, -0.05) is 6.07 Å². The molecule has 0 saturated carbocycles. The zero-order chi connectivity index (χ0) is 15.3. The summed E-state index contributed by atoms with van der Waals surface area (Å²) in [7, 11) is -1.93. The van der Waals surface area contributed by atoms with Crippen LogP contribution < -0.4 is 5.73 Å². The van der Waals surface area contributed by atoms with Gasteiger partial charge in [-0.3, -0.25) is 0 Å². The lowest BCUT2D eigenvalue weighted by molar-refractivity contribution is 0.0737. The summed E-state index contributed by atoms with van der Waals surface area (Å²) in [6.45, 7) is 6.79. The first-order chi connectivity index (χ1) is 9.28. The summed E-state index contributed by atoms with van der Waals surface area (Å²) in [5.74, 6) is 0. The van der Waals surface area contributed by atoms with Gasteiger partial charge in [0.25, 0.3) is 0 Å². The smallest absolute Gasteiger partial charge is 0.242 e. The quantitative estimate of drug-likeness (QED) is 0.828. The minimum Gasteiger partial charge on any atom is -0.377 e. The SMILES string of the molecule is Cc1ccc(S(=O)(=O)N(C)CCOC(C)C)cc1CN. The van der Waals surface area contributed by atoms with E-state index in [1.165, 1.54) is 4.31 Å². The Labute approximate surface area is 121 Å². The highest BCUT2D eigenvalue weighted by molar-refractivity contribution is 7.89. The Bertz CT molecular complexity index is 541. The van der Waals surface area contributed by atoms with Crippen LogP contribution in [0.2, 0.25) is 0 Å². The molecular weight excluding hydrogens is 276 g/mol. The zero-order valence-corrected chi connectivity index (χ0v) is 13.4. The van der Waals surface area contributed by atoms with Gasteiger partial charge in [-0.2, -0.15) is 4.31 Å². The van der Waals surface area contributed by atoms with Crippen LogP contribution in [-0.4, -0.2) is 39.0 Å². The molecule has 0 amide bonds. The molecule has 0 aliphatic carbocycles. The Morgan fingerprint density at radius 2 is 2.00 bits per heavy atom. The van der Waals surface area contributed by atoms with Crippen molar-refractivity contribution in [2.45, 2.75) is 38.3 Å². The van der Waals surface area contributed by atoms with Gasteiger partial charge in [-0.25, -0.2) is 8.42 Å². The van der Waals surface area contributed by atoms with Gasteiger partial charge in [0.1, 0.15) is 0 Å². The molecule has 0 heterocycles. The van der Waals surface area contributed by atoms with Crippen LogP contribution in [0.25, 0.3) is 0 Å². The fourth-order valence-electron chi connectivity index (χ4n) is 1.75. The molecule has 1 rings (SSSR count). The predicted octanol–water partition coefficient (Wildman–Crippen LogP) is 1.50. The van der Waals surface area contributed by atoms with Crippen molar-refractivity contribution in [2.24, 2.45) is 5.73 Å². The topological polar surface area (TPSA) is 72.6 Å². The molecule has 0 atom stereocenters. The molecule has 0 aromatic heterocycles. The molecule has 0 bridgehead atoms. The first-order valence-corrected chi connectivity index (χ1v) is 8.10. The molecule has 20 heavy (non-hydrogen) atoms. The van der Waals surface area contributed by atoms with Crippen molar-refractivity contribution < 1.29 is 13.2 Å². The van der Waals surface area contributed by atoms with Gasteiger partial charge in [0.2, 0.25) is 10.0 Å². The van der Waals surface area contributed by atoms with Crippen LogP contribution in [0.4, 0.5) is 0 Å². The highest BCUT2D eigenvalue weighted by Crippen LogP contribution is 2.18. The van der Waals surface area contributed by atoms with Gasteiger partial charge in [0.15, 0.2) is 0 Å². The number of ether oxygens (including phenoxy) is 1. The molecule has 0 radical (unpaired) electrons. The van der Waals surface area contributed by atoms with Crippen molar-refractivity contribution in [3.8, 4) is 0 Å². The first-order valence-electron chi connectivity index (χ1n) is 6.66. The van der Waals surface area contributed by atoms with E-state index >= 15 is 0 Å². The Morgan fingerprint density at radius 3 is 2.55 bits per heavy atom. The molecule has 1 aromatic carbocycles. The van der Waals surface area contributed by atoms with Crippen LogP contribution in [-0.2, 0) is 21.3 Å². The maximum absolute atomic E-state index is 12.4. The lowest BCUT2D eigenvalue weighted by atomic mass is 10.1. The molecule has 0 unspecified atom stereocenters. The van der Waals surface area contributed by atoms with Crippen molar-refractivity contribution in [3.05, 3.63) is 29.3 Å². The number of likely N-dealkylation sites (N-methyl/N-ethyl adjacent to an activating group) is 1. The van der Waals surface area contributed by atoms with E-state index in [1.807, 2.05) is 20.8 Å². The molecule has 0 fully saturated rings. The van der Waals surface area contributed by atoms with Crippen LogP contribution in [0.1, 0.15) is 25.0 Å². The van der Waals surface area contributed by atoms with Crippen LogP contribution in [0.5, 0.6) is 0 Å². The minimum absolute atomic E-state index is 0.0920. The molecule has 0 aliphatic heterocycles. The molecule has 0 aliphatic rings. The second-order valence-corrected chi connectivity index (χ2v) is 7.08. The van der Waals surface area contributed by atoms with Gasteiger partial charge in [-0.15, -0.1) is 0 Å². The Balaban J connectivity index is 2.87. The molecule has 0 spiro atoms. The second-order valence-electron chi connectivity index (χ2n) is 5.04. The summed E-state index contributed by atoms with van der Waals surface area (Å²) >= 11 is 0. The summed E-state index contributed by atoms with van der Waals surface area (Å²) in [5.41, 5.74) is 7.47. The molecule has 114 valence electrons. The fraction of sp³-hybridized carbons (Fsp3) is 0.571. The van der Waals surface area contributed by atoms with Crippen molar-refractivity contribution in [1.29, 1.82) is 0 Å². The molecule has 2 N–H and O–H groups in total. The van der Waals surface area contributed by atoms with Crippen LogP contribution >= 0.6 is 0 Å². The molecule has 0 saturated heterocycles. The Hall–Kier alpha value is -0.950. The summed E-state index contributed by atoms with van der Waals surface area (Å²) in [6.07, 6.45) is 0.0920. The van der Waals surface area contributed by atoms with E-state index in [9.17, 15) is 8.42 Å². The molecule has 5 nitrogen and oxygen atoms in total. The molecule has 6 heteroatoms. The normalized spacial score (nSPS) is 12.3. The number of hydrogen-bond donors (Lipinski definition) is 1. The number of nitrogens with zero attached hydrogens (tertiary/aromatic N) is 1. The molecule has 1 aromatic rings. The first kappa shape index (κ1) is 17.1. The average Bonchev–Trinajstić information content (AvgIpc) is 2.38. The van der Waals surface area contributed by atoms with E-state index in [2.05, 4.69) is 0 Å². The predicted molar refractivity (Wildman–Crippen MR) is 80.0 cm³/mol. The third-order valence-electron chi connectivity index (χ3n) is 3.11. The number of aryl methyl sites for hydroxylation is 1. The number of rotatable bonds is 7. The second kappa shape index (κ2) is 7.17.